The van der Waals surface area contributed by atoms with E-state index in [2.05, 4.69) is 5.32 Å². The van der Waals surface area contributed by atoms with Gasteiger partial charge in [0.15, 0.2) is 5.16 Å². The summed E-state index contributed by atoms with van der Waals surface area (Å²) in [5.74, 6) is 1.65. The average Bonchev–Trinajstić information content (AvgIpc) is 3.68. The molecular weight excluding hydrogens is 406 g/mol. The molecule has 0 bridgehead atoms. The van der Waals surface area contributed by atoms with Crippen LogP contribution in [-0.2, 0) is 11.3 Å². The van der Waals surface area contributed by atoms with Gasteiger partial charge in [-0.15, -0.1) is 0 Å². The molecule has 2 fully saturated rings. The third-order valence-electron chi connectivity index (χ3n) is 6.21. The Morgan fingerprint density at radius 3 is 2.45 bits per heavy atom. The molecule has 160 valence electrons. The van der Waals surface area contributed by atoms with Crippen molar-refractivity contribution in [3.8, 4) is 0 Å². The predicted octanol–water partition coefficient (Wildman–Crippen LogP) is 4.15. The van der Waals surface area contributed by atoms with Crippen LogP contribution in [-0.4, -0.2) is 27.3 Å². The molecule has 1 aromatic heterocycles. The molecule has 3 aromatic rings. The van der Waals surface area contributed by atoms with Crippen molar-refractivity contribution in [1.82, 2.24) is 14.9 Å². The van der Waals surface area contributed by atoms with Crippen molar-refractivity contribution in [2.75, 3.05) is 5.75 Å². The Kier molecular flexibility index (Phi) is 5.57. The van der Waals surface area contributed by atoms with Gasteiger partial charge >= 0.3 is 0 Å². The number of aryl methyl sites for hydroxylation is 1. The number of rotatable bonds is 8. The molecule has 0 atom stereocenters. The summed E-state index contributed by atoms with van der Waals surface area (Å²) in [4.78, 5) is 30.7. The molecule has 2 saturated carbocycles. The minimum absolute atomic E-state index is 0.0399. The van der Waals surface area contributed by atoms with E-state index in [1.807, 2.05) is 55.5 Å². The van der Waals surface area contributed by atoms with Crippen molar-refractivity contribution in [1.29, 1.82) is 0 Å². The Balaban J connectivity index is 1.38. The molecule has 2 aliphatic carbocycles. The number of hydrogen-bond acceptors (Lipinski definition) is 4. The van der Waals surface area contributed by atoms with Crippen LogP contribution < -0.4 is 10.9 Å². The number of amides is 1. The topological polar surface area (TPSA) is 64.0 Å². The van der Waals surface area contributed by atoms with E-state index < -0.39 is 0 Å². The van der Waals surface area contributed by atoms with Gasteiger partial charge in [-0.05, 0) is 62.1 Å². The number of hydrogen-bond donors (Lipinski definition) is 1. The number of carbonyl (C=O) groups excluding carboxylic acids is 1. The maximum atomic E-state index is 13.2. The summed E-state index contributed by atoms with van der Waals surface area (Å²) in [6.45, 7) is 2.48. The summed E-state index contributed by atoms with van der Waals surface area (Å²) >= 11 is 1.35. The van der Waals surface area contributed by atoms with Crippen LogP contribution in [0.4, 0.5) is 0 Å². The number of nitrogens with one attached hydrogen (secondary N) is 1. The summed E-state index contributed by atoms with van der Waals surface area (Å²) < 4.78 is 1.70. The van der Waals surface area contributed by atoms with E-state index in [1.54, 1.807) is 4.57 Å². The maximum absolute atomic E-state index is 13.2. The maximum Gasteiger partial charge on any atom is 0.262 e. The largest absolute Gasteiger partial charge is 0.352 e. The number of carbonyl (C=O) groups is 1. The standard InChI is InChI=1S/C25H27N3O2S/c1-16-6-8-17(9-7-16)14-28-24(30)20-4-2-3-5-21(20)26-25(28)31-15-22(29)27-23(18-10-11-18)19-12-13-19/h2-9,18-19,23H,10-15H2,1H3,(H,27,29). The minimum Gasteiger partial charge on any atom is -0.352 e. The van der Waals surface area contributed by atoms with Gasteiger partial charge in [-0.25, -0.2) is 4.98 Å². The van der Waals surface area contributed by atoms with Gasteiger partial charge in [0.05, 0.1) is 23.2 Å². The van der Waals surface area contributed by atoms with Crippen molar-refractivity contribution >= 4 is 28.6 Å². The molecule has 0 unspecified atom stereocenters. The zero-order valence-corrected chi connectivity index (χ0v) is 18.5. The Labute approximate surface area is 186 Å². The Hall–Kier alpha value is -2.60. The molecule has 0 aliphatic heterocycles. The highest BCUT2D eigenvalue weighted by molar-refractivity contribution is 7.99. The van der Waals surface area contributed by atoms with Gasteiger partial charge in [-0.3, -0.25) is 14.2 Å². The highest BCUT2D eigenvalue weighted by Gasteiger charge is 2.42. The van der Waals surface area contributed by atoms with E-state index in [4.69, 9.17) is 4.98 Å². The zero-order valence-electron chi connectivity index (χ0n) is 17.7. The first kappa shape index (κ1) is 20.3. The van der Waals surface area contributed by atoms with Crippen LogP contribution in [0, 0.1) is 18.8 Å². The highest BCUT2D eigenvalue weighted by Crippen LogP contribution is 2.44. The lowest BCUT2D eigenvalue weighted by Gasteiger charge is -2.18. The second kappa shape index (κ2) is 8.50. The van der Waals surface area contributed by atoms with E-state index in [-0.39, 0.29) is 17.2 Å². The molecule has 0 spiro atoms. The van der Waals surface area contributed by atoms with Gasteiger partial charge < -0.3 is 5.32 Å². The van der Waals surface area contributed by atoms with E-state index in [0.717, 1.165) is 5.56 Å². The van der Waals surface area contributed by atoms with Crippen LogP contribution >= 0.6 is 11.8 Å². The fourth-order valence-electron chi connectivity index (χ4n) is 4.16. The van der Waals surface area contributed by atoms with Crippen molar-refractivity contribution in [3.63, 3.8) is 0 Å². The predicted molar refractivity (Wildman–Crippen MR) is 124 cm³/mol. The summed E-state index contributed by atoms with van der Waals surface area (Å²) in [7, 11) is 0. The van der Waals surface area contributed by atoms with Crippen LogP contribution in [0.2, 0.25) is 0 Å². The SMILES string of the molecule is Cc1ccc(Cn2c(SCC(=O)NC(C3CC3)C3CC3)nc3ccccc3c2=O)cc1. The molecule has 1 N–H and O–H groups in total. The molecule has 5 nitrogen and oxygen atoms in total. The van der Waals surface area contributed by atoms with E-state index in [1.165, 1.54) is 43.0 Å². The molecule has 1 amide bonds. The van der Waals surface area contributed by atoms with Crippen LogP contribution in [0.25, 0.3) is 10.9 Å². The van der Waals surface area contributed by atoms with Gasteiger partial charge in [0, 0.05) is 6.04 Å². The average molecular weight is 434 g/mol. The molecule has 6 heteroatoms. The van der Waals surface area contributed by atoms with E-state index in [0.29, 0.717) is 40.5 Å². The fourth-order valence-corrected chi connectivity index (χ4v) is 4.97. The molecule has 31 heavy (non-hydrogen) atoms. The van der Waals surface area contributed by atoms with E-state index in [9.17, 15) is 9.59 Å². The number of fused-ring (bicyclic) bond motifs is 1. The number of aromatic nitrogens is 2. The Bertz CT molecular complexity index is 1150. The van der Waals surface area contributed by atoms with Crippen molar-refractivity contribution in [2.45, 2.75) is 50.4 Å². The van der Waals surface area contributed by atoms with Gasteiger partial charge in [0.25, 0.3) is 5.56 Å². The molecule has 2 aromatic carbocycles. The fraction of sp³-hybridized carbons (Fsp3) is 0.400. The van der Waals surface area contributed by atoms with Gasteiger partial charge in [-0.2, -0.15) is 0 Å². The Morgan fingerprint density at radius 2 is 1.77 bits per heavy atom. The Morgan fingerprint density at radius 1 is 1.10 bits per heavy atom. The van der Waals surface area contributed by atoms with Crippen LogP contribution in [0.5, 0.6) is 0 Å². The lowest BCUT2D eigenvalue weighted by molar-refractivity contribution is -0.119. The number of nitrogens with zero attached hydrogens (tertiary/aromatic N) is 2. The molecule has 0 saturated heterocycles. The van der Waals surface area contributed by atoms with Crippen LogP contribution in [0.3, 0.4) is 0 Å². The zero-order chi connectivity index (χ0) is 21.4. The normalized spacial score (nSPS) is 16.1. The quantitative estimate of drug-likeness (QED) is 0.428. The highest BCUT2D eigenvalue weighted by atomic mass is 32.2. The first-order valence-corrected chi connectivity index (χ1v) is 12.0. The monoisotopic (exact) mass is 433 g/mol. The van der Waals surface area contributed by atoms with Crippen molar-refractivity contribution in [3.05, 3.63) is 70.0 Å². The van der Waals surface area contributed by atoms with Crippen molar-refractivity contribution < 1.29 is 4.79 Å². The van der Waals surface area contributed by atoms with Crippen LogP contribution in [0.1, 0.15) is 36.8 Å². The van der Waals surface area contributed by atoms with Crippen molar-refractivity contribution in [2.24, 2.45) is 11.8 Å². The second-order valence-electron chi connectivity index (χ2n) is 8.85. The molecule has 5 rings (SSSR count). The lowest BCUT2D eigenvalue weighted by atomic mass is 10.1. The smallest absolute Gasteiger partial charge is 0.262 e. The summed E-state index contributed by atoms with van der Waals surface area (Å²) in [5, 5.41) is 4.46. The minimum atomic E-state index is -0.0667. The third-order valence-corrected chi connectivity index (χ3v) is 7.18. The van der Waals surface area contributed by atoms with E-state index >= 15 is 0 Å². The molecule has 0 radical (unpaired) electrons. The summed E-state index contributed by atoms with van der Waals surface area (Å²) in [5.41, 5.74) is 2.82. The number of para-hydroxylation sites is 1. The number of benzene rings is 2. The van der Waals surface area contributed by atoms with Gasteiger partial charge in [0.2, 0.25) is 5.91 Å². The van der Waals surface area contributed by atoms with Gasteiger partial charge in [0.1, 0.15) is 0 Å². The molecule has 2 aliphatic rings. The summed E-state index contributed by atoms with van der Waals surface area (Å²) in [6.07, 6.45) is 4.93. The second-order valence-corrected chi connectivity index (χ2v) is 9.79. The molecular formula is C25H27N3O2S. The first-order chi connectivity index (χ1) is 15.1. The van der Waals surface area contributed by atoms with Crippen LogP contribution in [0.15, 0.2) is 58.5 Å². The number of thioether (sulfide) groups is 1. The van der Waals surface area contributed by atoms with Gasteiger partial charge in [-0.1, -0.05) is 53.7 Å². The first-order valence-electron chi connectivity index (χ1n) is 11.1. The lowest BCUT2D eigenvalue weighted by Crippen LogP contribution is -2.39. The summed E-state index contributed by atoms with van der Waals surface area (Å²) in [6, 6.07) is 15.9. The molecule has 1 heterocycles. The third kappa shape index (κ3) is 4.69.